The summed E-state index contributed by atoms with van der Waals surface area (Å²) >= 11 is 0. The molecule has 0 radical (unpaired) electrons. The first-order chi connectivity index (χ1) is 10.8. The maximum Gasteiger partial charge on any atom is 0.417 e. The lowest BCUT2D eigenvalue weighted by molar-refractivity contribution is -0.138. The van der Waals surface area contributed by atoms with Crippen molar-refractivity contribution < 1.29 is 22.4 Å². The number of hydrogen-bond acceptors (Lipinski definition) is 1. The summed E-state index contributed by atoms with van der Waals surface area (Å²) in [6.07, 6.45) is -4.61. The van der Waals surface area contributed by atoms with Crippen molar-refractivity contribution in [2.24, 2.45) is 0 Å². The molecule has 0 fully saturated rings. The number of halogens is 4. The van der Waals surface area contributed by atoms with Crippen molar-refractivity contribution in [1.29, 1.82) is 0 Å². The molecule has 0 aromatic heterocycles. The second-order valence-electron chi connectivity index (χ2n) is 4.99. The van der Waals surface area contributed by atoms with Gasteiger partial charge in [-0.1, -0.05) is 24.3 Å². The SMILES string of the molecule is CCN(Cc1cccc(F)c1)C(=O)c1ccccc1C(F)(F)F. The van der Waals surface area contributed by atoms with Crippen LogP contribution in [0.5, 0.6) is 0 Å². The Bertz CT molecular complexity index is 697. The van der Waals surface area contributed by atoms with Gasteiger partial charge in [-0.25, -0.2) is 4.39 Å². The molecule has 0 saturated heterocycles. The van der Waals surface area contributed by atoms with Crippen LogP contribution in [-0.4, -0.2) is 17.4 Å². The summed E-state index contributed by atoms with van der Waals surface area (Å²) in [6.45, 7) is 1.91. The lowest BCUT2D eigenvalue weighted by Gasteiger charge is -2.23. The average molecular weight is 325 g/mol. The van der Waals surface area contributed by atoms with E-state index in [9.17, 15) is 22.4 Å². The molecule has 2 aromatic carbocycles. The number of amides is 1. The van der Waals surface area contributed by atoms with Crippen molar-refractivity contribution >= 4 is 5.91 Å². The molecule has 0 unspecified atom stereocenters. The Hall–Kier alpha value is -2.37. The molecule has 0 heterocycles. The van der Waals surface area contributed by atoms with Crippen LogP contribution in [-0.2, 0) is 12.7 Å². The van der Waals surface area contributed by atoms with Crippen molar-refractivity contribution in [3.8, 4) is 0 Å². The first-order valence-corrected chi connectivity index (χ1v) is 7.03. The fraction of sp³-hybridized carbons (Fsp3) is 0.235. The topological polar surface area (TPSA) is 20.3 Å². The van der Waals surface area contributed by atoms with Crippen LogP contribution in [0.15, 0.2) is 48.5 Å². The first-order valence-electron chi connectivity index (χ1n) is 7.03. The zero-order valence-corrected chi connectivity index (χ0v) is 12.4. The van der Waals surface area contributed by atoms with E-state index in [1.807, 2.05) is 0 Å². The van der Waals surface area contributed by atoms with Gasteiger partial charge in [-0.3, -0.25) is 4.79 Å². The number of nitrogens with zero attached hydrogens (tertiary/aromatic N) is 1. The Morgan fingerprint density at radius 1 is 1.09 bits per heavy atom. The minimum atomic E-state index is -4.61. The van der Waals surface area contributed by atoms with Crippen LogP contribution in [0, 0.1) is 5.82 Å². The molecule has 0 aliphatic heterocycles. The third-order valence-corrected chi connectivity index (χ3v) is 3.39. The van der Waals surface area contributed by atoms with Gasteiger partial charge >= 0.3 is 6.18 Å². The highest BCUT2D eigenvalue weighted by Gasteiger charge is 2.35. The maximum absolute atomic E-state index is 13.2. The minimum Gasteiger partial charge on any atom is -0.335 e. The molecule has 2 aromatic rings. The third-order valence-electron chi connectivity index (χ3n) is 3.39. The number of hydrogen-bond donors (Lipinski definition) is 0. The molecule has 2 rings (SSSR count). The fourth-order valence-corrected chi connectivity index (χ4v) is 2.27. The third kappa shape index (κ3) is 4.09. The van der Waals surface area contributed by atoms with E-state index in [1.165, 1.54) is 35.2 Å². The second kappa shape index (κ2) is 6.81. The van der Waals surface area contributed by atoms with Crippen molar-refractivity contribution in [3.05, 3.63) is 71.0 Å². The highest BCUT2D eigenvalue weighted by Crippen LogP contribution is 2.32. The quantitative estimate of drug-likeness (QED) is 0.758. The predicted octanol–water partition coefficient (Wildman–Crippen LogP) is 4.51. The van der Waals surface area contributed by atoms with E-state index in [0.717, 1.165) is 12.1 Å². The fourth-order valence-electron chi connectivity index (χ4n) is 2.27. The summed E-state index contributed by atoms with van der Waals surface area (Å²) in [7, 11) is 0. The number of carbonyl (C=O) groups is 1. The second-order valence-corrected chi connectivity index (χ2v) is 4.99. The Kier molecular flexibility index (Phi) is 5.03. The largest absolute Gasteiger partial charge is 0.417 e. The number of alkyl halides is 3. The van der Waals surface area contributed by atoms with Gasteiger partial charge in [-0.2, -0.15) is 13.2 Å². The van der Waals surface area contributed by atoms with Gasteiger partial charge in [0.25, 0.3) is 5.91 Å². The van der Waals surface area contributed by atoms with Crippen molar-refractivity contribution in [1.82, 2.24) is 4.90 Å². The van der Waals surface area contributed by atoms with Crippen LogP contribution in [0.4, 0.5) is 17.6 Å². The minimum absolute atomic E-state index is 0.0410. The van der Waals surface area contributed by atoms with Crippen molar-refractivity contribution in [2.45, 2.75) is 19.6 Å². The summed E-state index contributed by atoms with van der Waals surface area (Å²) < 4.78 is 52.3. The van der Waals surface area contributed by atoms with Gasteiger partial charge in [0.15, 0.2) is 0 Å². The highest BCUT2D eigenvalue weighted by molar-refractivity contribution is 5.95. The smallest absolute Gasteiger partial charge is 0.335 e. The van der Waals surface area contributed by atoms with E-state index in [4.69, 9.17) is 0 Å². The van der Waals surface area contributed by atoms with Gasteiger partial charge in [0.1, 0.15) is 5.82 Å². The van der Waals surface area contributed by atoms with Crippen LogP contribution in [0.3, 0.4) is 0 Å². The molecule has 6 heteroatoms. The summed E-state index contributed by atoms with van der Waals surface area (Å²) in [5.74, 6) is -1.19. The van der Waals surface area contributed by atoms with Gasteiger partial charge in [-0.15, -0.1) is 0 Å². The van der Waals surface area contributed by atoms with Crippen LogP contribution >= 0.6 is 0 Å². The Morgan fingerprint density at radius 3 is 2.39 bits per heavy atom. The van der Waals surface area contributed by atoms with Gasteiger partial charge < -0.3 is 4.90 Å². The summed E-state index contributed by atoms with van der Waals surface area (Å²) in [5.41, 5.74) is -0.856. The Balaban J connectivity index is 2.31. The van der Waals surface area contributed by atoms with E-state index < -0.39 is 29.0 Å². The zero-order valence-electron chi connectivity index (χ0n) is 12.4. The molecule has 23 heavy (non-hydrogen) atoms. The number of carbonyl (C=O) groups excluding carboxylic acids is 1. The lowest BCUT2D eigenvalue weighted by atomic mass is 10.1. The summed E-state index contributed by atoms with van der Waals surface area (Å²) in [5, 5.41) is 0. The van der Waals surface area contributed by atoms with E-state index in [1.54, 1.807) is 13.0 Å². The average Bonchev–Trinajstić information content (AvgIpc) is 2.51. The van der Waals surface area contributed by atoms with Gasteiger partial charge in [0.2, 0.25) is 0 Å². The highest BCUT2D eigenvalue weighted by atomic mass is 19.4. The molecule has 0 bridgehead atoms. The molecule has 0 aliphatic carbocycles. The van der Waals surface area contributed by atoms with E-state index in [2.05, 4.69) is 0 Å². The van der Waals surface area contributed by atoms with Gasteiger partial charge in [0.05, 0.1) is 11.1 Å². The molecule has 0 spiro atoms. The molecular formula is C17H15F4NO. The van der Waals surface area contributed by atoms with Crippen LogP contribution in [0.2, 0.25) is 0 Å². The Labute approximate surface area is 131 Å². The molecule has 122 valence electrons. The van der Waals surface area contributed by atoms with E-state index in [-0.39, 0.29) is 13.1 Å². The molecule has 1 amide bonds. The van der Waals surface area contributed by atoms with E-state index in [0.29, 0.717) is 5.56 Å². The standard InChI is InChI=1S/C17H15F4NO/c1-2-22(11-12-6-5-7-13(18)10-12)16(23)14-8-3-4-9-15(14)17(19,20)21/h3-10H,2,11H2,1H3. The van der Waals surface area contributed by atoms with Crippen LogP contribution in [0.25, 0.3) is 0 Å². The normalized spacial score (nSPS) is 11.3. The van der Waals surface area contributed by atoms with Crippen LogP contribution in [0.1, 0.15) is 28.4 Å². The lowest BCUT2D eigenvalue weighted by Crippen LogP contribution is -2.32. The van der Waals surface area contributed by atoms with Gasteiger partial charge in [-0.05, 0) is 36.8 Å². The molecule has 0 aliphatic rings. The predicted molar refractivity (Wildman–Crippen MR) is 78.3 cm³/mol. The molecule has 2 nitrogen and oxygen atoms in total. The monoisotopic (exact) mass is 325 g/mol. The summed E-state index contributed by atoms with van der Waals surface area (Å²) in [6, 6.07) is 10.3. The maximum atomic E-state index is 13.2. The van der Waals surface area contributed by atoms with Crippen molar-refractivity contribution in [3.63, 3.8) is 0 Å². The van der Waals surface area contributed by atoms with Crippen LogP contribution < -0.4 is 0 Å². The zero-order chi connectivity index (χ0) is 17.0. The number of rotatable bonds is 4. The van der Waals surface area contributed by atoms with Crippen molar-refractivity contribution in [2.75, 3.05) is 6.54 Å². The summed E-state index contributed by atoms with van der Waals surface area (Å²) in [4.78, 5) is 13.7. The molecule has 0 N–H and O–H groups in total. The number of benzene rings is 2. The van der Waals surface area contributed by atoms with E-state index >= 15 is 0 Å². The molecule has 0 saturated carbocycles. The molecule has 0 atom stereocenters. The van der Waals surface area contributed by atoms with Gasteiger partial charge in [0, 0.05) is 13.1 Å². The molecular weight excluding hydrogens is 310 g/mol. The first kappa shape index (κ1) is 17.0. The Morgan fingerprint density at radius 2 is 1.78 bits per heavy atom.